The molecule has 0 unspecified atom stereocenters. The highest BCUT2D eigenvalue weighted by atomic mass is 32.1. The summed E-state index contributed by atoms with van der Waals surface area (Å²) in [5, 5.41) is 3.27. The van der Waals surface area contributed by atoms with Crippen molar-refractivity contribution in [3.63, 3.8) is 0 Å². The molecule has 18 heavy (non-hydrogen) atoms. The van der Waals surface area contributed by atoms with Gasteiger partial charge in [0.05, 0.1) is 5.92 Å². The highest BCUT2D eigenvalue weighted by Crippen LogP contribution is 2.32. The number of carbonyl (C=O) groups is 1. The number of anilines is 1. The van der Waals surface area contributed by atoms with Crippen LogP contribution in [0.15, 0.2) is 23.7 Å². The fourth-order valence-corrected chi connectivity index (χ4v) is 3.08. The third-order valence-electron chi connectivity index (χ3n) is 3.33. The summed E-state index contributed by atoms with van der Waals surface area (Å²) in [5.74, 6) is 1.34. The van der Waals surface area contributed by atoms with Gasteiger partial charge in [-0.15, -0.1) is 11.3 Å². The molecule has 1 fully saturated rings. The van der Waals surface area contributed by atoms with Gasteiger partial charge in [0, 0.05) is 43.5 Å². The molecular formula is C13H15N3OS. The largest absolute Gasteiger partial charge is 0.354 e. The number of fused-ring (bicyclic) bond motifs is 1. The number of aromatic nitrogens is 1. The van der Waals surface area contributed by atoms with Gasteiger partial charge in [0.25, 0.3) is 0 Å². The fourth-order valence-electron chi connectivity index (χ4n) is 2.30. The van der Waals surface area contributed by atoms with Crippen molar-refractivity contribution in [3.8, 4) is 0 Å². The zero-order valence-corrected chi connectivity index (χ0v) is 11.3. The molecule has 0 aliphatic carbocycles. The van der Waals surface area contributed by atoms with Crippen LogP contribution in [0.3, 0.4) is 0 Å². The Labute approximate surface area is 110 Å². The monoisotopic (exact) mass is 261 g/mol. The molecule has 3 heterocycles. The Morgan fingerprint density at radius 3 is 2.94 bits per heavy atom. The summed E-state index contributed by atoms with van der Waals surface area (Å²) >= 11 is 1.72. The first-order chi connectivity index (χ1) is 8.66. The first-order valence-corrected chi connectivity index (χ1v) is 6.83. The van der Waals surface area contributed by atoms with E-state index in [0.29, 0.717) is 0 Å². The topological polar surface area (TPSA) is 36.4 Å². The average molecular weight is 261 g/mol. The minimum Gasteiger partial charge on any atom is -0.354 e. The van der Waals surface area contributed by atoms with Crippen molar-refractivity contribution in [3.05, 3.63) is 23.7 Å². The molecule has 5 heteroatoms. The second-order valence-electron chi connectivity index (χ2n) is 4.80. The number of rotatable bonds is 2. The van der Waals surface area contributed by atoms with E-state index < -0.39 is 0 Å². The molecule has 0 radical (unpaired) electrons. The quantitative estimate of drug-likeness (QED) is 0.827. The number of pyridine rings is 1. The van der Waals surface area contributed by atoms with Gasteiger partial charge >= 0.3 is 0 Å². The van der Waals surface area contributed by atoms with Crippen LogP contribution in [0, 0.1) is 5.92 Å². The van der Waals surface area contributed by atoms with Gasteiger partial charge in [-0.1, -0.05) is 0 Å². The van der Waals surface area contributed by atoms with Gasteiger partial charge < -0.3 is 9.80 Å². The van der Waals surface area contributed by atoms with Gasteiger partial charge in [-0.25, -0.2) is 4.98 Å². The Hall–Kier alpha value is -1.62. The normalized spacial score (nSPS) is 15.8. The van der Waals surface area contributed by atoms with E-state index >= 15 is 0 Å². The molecule has 2 aromatic heterocycles. The Kier molecular flexibility index (Phi) is 2.70. The summed E-state index contributed by atoms with van der Waals surface area (Å²) in [7, 11) is 3.62. The molecule has 1 aliphatic rings. The van der Waals surface area contributed by atoms with Crippen LogP contribution in [-0.4, -0.2) is 43.0 Å². The van der Waals surface area contributed by atoms with Crippen LogP contribution in [0.1, 0.15) is 0 Å². The van der Waals surface area contributed by atoms with Crippen molar-refractivity contribution in [2.75, 3.05) is 32.1 Å². The van der Waals surface area contributed by atoms with Crippen LogP contribution in [0.4, 0.5) is 5.82 Å². The summed E-state index contributed by atoms with van der Waals surface area (Å²) < 4.78 is 1.25. The lowest BCUT2D eigenvalue weighted by Crippen LogP contribution is -2.53. The lowest BCUT2D eigenvalue weighted by atomic mass is 9.98. The molecule has 2 aromatic rings. The molecular weight excluding hydrogens is 246 g/mol. The molecule has 1 amide bonds. The van der Waals surface area contributed by atoms with Crippen molar-refractivity contribution in [2.45, 2.75) is 0 Å². The lowest BCUT2D eigenvalue weighted by Gasteiger charge is -2.40. The van der Waals surface area contributed by atoms with E-state index in [1.54, 1.807) is 16.2 Å². The van der Waals surface area contributed by atoms with Crippen molar-refractivity contribution in [2.24, 2.45) is 5.92 Å². The number of nitrogens with zero attached hydrogens (tertiary/aromatic N) is 3. The second-order valence-corrected chi connectivity index (χ2v) is 5.75. The molecule has 0 atom stereocenters. The summed E-state index contributed by atoms with van der Waals surface area (Å²) in [6, 6.07) is 4.13. The molecule has 0 spiro atoms. The SMILES string of the molecule is CN(C)C(=O)C1CN(c2nccc3sccc23)C1. The van der Waals surface area contributed by atoms with Gasteiger partial charge in [-0.3, -0.25) is 4.79 Å². The zero-order chi connectivity index (χ0) is 12.7. The second kappa shape index (κ2) is 4.24. The number of amides is 1. The van der Waals surface area contributed by atoms with E-state index in [1.165, 1.54) is 10.1 Å². The smallest absolute Gasteiger partial charge is 0.228 e. The summed E-state index contributed by atoms with van der Waals surface area (Å²) in [6.07, 6.45) is 1.84. The van der Waals surface area contributed by atoms with Gasteiger partial charge in [0.15, 0.2) is 0 Å². The predicted molar refractivity (Wildman–Crippen MR) is 74.0 cm³/mol. The maximum Gasteiger partial charge on any atom is 0.228 e. The van der Waals surface area contributed by atoms with Gasteiger partial charge in [-0.05, 0) is 17.5 Å². The Morgan fingerprint density at radius 1 is 1.44 bits per heavy atom. The minimum absolute atomic E-state index is 0.121. The van der Waals surface area contributed by atoms with E-state index in [4.69, 9.17) is 0 Å². The number of hydrogen-bond donors (Lipinski definition) is 0. The van der Waals surface area contributed by atoms with Crippen molar-refractivity contribution in [1.29, 1.82) is 0 Å². The third kappa shape index (κ3) is 1.75. The van der Waals surface area contributed by atoms with E-state index in [9.17, 15) is 4.79 Å². The molecule has 1 aliphatic heterocycles. The highest BCUT2D eigenvalue weighted by Gasteiger charge is 2.34. The third-order valence-corrected chi connectivity index (χ3v) is 4.21. The molecule has 3 rings (SSSR count). The minimum atomic E-state index is 0.121. The predicted octanol–water partition coefficient (Wildman–Crippen LogP) is 1.82. The van der Waals surface area contributed by atoms with Gasteiger partial charge in [0.1, 0.15) is 5.82 Å². The maximum absolute atomic E-state index is 11.8. The number of carbonyl (C=O) groups excluding carboxylic acids is 1. The average Bonchev–Trinajstić information content (AvgIpc) is 2.75. The van der Waals surface area contributed by atoms with Crippen LogP contribution in [-0.2, 0) is 4.79 Å². The van der Waals surface area contributed by atoms with Crippen LogP contribution < -0.4 is 4.90 Å². The molecule has 0 saturated carbocycles. The molecule has 94 valence electrons. The van der Waals surface area contributed by atoms with E-state index in [0.717, 1.165) is 18.9 Å². The molecule has 4 nitrogen and oxygen atoms in total. The lowest BCUT2D eigenvalue weighted by molar-refractivity contribution is -0.133. The van der Waals surface area contributed by atoms with Crippen molar-refractivity contribution < 1.29 is 4.79 Å². The van der Waals surface area contributed by atoms with E-state index in [2.05, 4.69) is 21.3 Å². The van der Waals surface area contributed by atoms with Crippen LogP contribution in [0.5, 0.6) is 0 Å². The molecule has 0 N–H and O–H groups in total. The van der Waals surface area contributed by atoms with Crippen LogP contribution in [0.25, 0.3) is 10.1 Å². The van der Waals surface area contributed by atoms with Crippen LogP contribution in [0.2, 0.25) is 0 Å². The first-order valence-electron chi connectivity index (χ1n) is 5.95. The number of thiophene rings is 1. The molecule has 1 saturated heterocycles. The first kappa shape index (κ1) is 11.5. The van der Waals surface area contributed by atoms with Gasteiger partial charge in [0.2, 0.25) is 5.91 Å². The highest BCUT2D eigenvalue weighted by molar-refractivity contribution is 7.17. The standard InChI is InChI=1S/C13H15N3OS/c1-15(2)13(17)9-7-16(8-9)12-10-4-6-18-11(10)3-5-14-12/h3-6,9H,7-8H2,1-2H3. The van der Waals surface area contributed by atoms with E-state index in [-0.39, 0.29) is 11.8 Å². The molecule has 0 bridgehead atoms. The Balaban J connectivity index is 1.79. The summed E-state index contributed by atoms with van der Waals surface area (Å²) in [4.78, 5) is 20.1. The molecule has 0 aromatic carbocycles. The summed E-state index contributed by atoms with van der Waals surface area (Å²) in [5.41, 5.74) is 0. The van der Waals surface area contributed by atoms with Crippen molar-refractivity contribution >= 4 is 33.1 Å². The number of hydrogen-bond acceptors (Lipinski definition) is 4. The van der Waals surface area contributed by atoms with Crippen molar-refractivity contribution in [1.82, 2.24) is 9.88 Å². The maximum atomic E-state index is 11.8. The van der Waals surface area contributed by atoms with E-state index in [1.807, 2.05) is 26.4 Å². The Bertz CT molecular complexity index is 587. The van der Waals surface area contributed by atoms with Crippen LogP contribution >= 0.6 is 11.3 Å². The fraction of sp³-hybridized carbons (Fsp3) is 0.385. The zero-order valence-electron chi connectivity index (χ0n) is 10.5. The Morgan fingerprint density at radius 2 is 2.22 bits per heavy atom. The summed E-state index contributed by atoms with van der Waals surface area (Å²) in [6.45, 7) is 1.55. The van der Waals surface area contributed by atoms with Gasteiger partial charge in [-0.2, -0.15) is 0 Å².